The van der Waals surface area contributed by atoms with Crippen molar-refractivity contribution in [1.82, 2.24) is 30.0 Å². The molecule has 36 heavy (non-hydrogen) atoms. The highest BCUT2D eigenvalue weighted by molar-refractivity contribution is 6.00. The molecule has 11 nitrogen and oxygen atoms in total. The van der Waals surface area contributed by atoms with Crippen LogP contribution in [0.5, 0.6) is 11.5 Å². The number of tetrazole rings is 1. The number of nitrogens with zero attached hydrogens (tertiary/aromatic N) is 7. The number of ether oxygens (including phenoxy) is 2. The molecule has 3 aromatic rings. The van der Waals surface area contributed by atoms with Crippen LogP contribution in [0.15, 0.2) is 48.5 Å². The molecule has 5 rings (SSSR count). The lowest BCUT2D eigenvalue weighted by atomic mass is 10.1. The van der Waals surface area contributed by atoms with Crippen LogP contribution in [0.2, 0.25) is 0 Å². The number of carbonyl (C=O) groups is 2. The fourth-order valence-electron chi connectivity index (χ4n) is 4.70. The molecule has 0 bridgehead atoms. The van der Waals surface area contributed by atoms with Gasteiger partial charge in [-0.05, 0) is 59.0 Å². The third kappa shape index (κ3) is 4.87. The van der Waals surface area contributed by atoms with E-state index in [9.17, 15) is 9.59 Å². The Morgan fingerprint density at radius 1 is 0.917 bits per heavy atom. The number of anilines is 1. The van der Waals surface area contributed by atoms with Gasteiger partial charge in [0.1, 0.15) is 11.5 Å². The van der Waals surface area contributed by atoms with Gasteiger partial charge >= 0.3 is 0 Å². The Bertz CT molecular complexity index is 1200. The number of carbonyl (C=O) groups excluding carboxylic acids is 2. The van der Waals surface area contributed by atoms with Gasteiger partial charge in [-0.3, -0.25) is 14.5 Å². The second kappa shape index (κ2) is 10.3. The summed E-state index contributed by atoms with van der Waals surface area (Å²) in [4.78, 5) is 31.6. The predicted molar refractivity (Wildman–Crippen MR) is 131 cm³/mol. The van der Waals surface area contributed by atoms with E-state index in [-0.39, 0.29) is 24.2 Å². The quantitative estimate of drug-likeness (QED) is 0.488. The molecule has 2 aliphatic heterocycles. The molecular weight excluding hydrogens is 462 g/mol. The van der Waals surface area contributed by atoms with Crippen molar-refractivity contribution in [1.29, 1.82) is 0 Å². The number of hydrogen-bond donors (Lipinski definition) is 0. The highest BCUT2D eigenvalue weighted by Gasteiger charge is 2.38. The molecule has 2 saturated heterocycles. The summed E-state index contributed by atoms with van der Waals surface area (Å²) < 4.78 is 12.1. The van der Waals surface area contributed by atoms with Crippen molar-refractivity contribution < 1.29 is 19.1 Å². The van der Waals surface area contributed by atoms with E-state index in [4.69, 9.17) is 9.47 Å². The summed E-state index contributed by atoms with van der Waals surface area (Å²) in [7, 11) is 3.23. The molecule has 2 aliphatic rings. The normalized spacial score (nSPS) is 18.5. The Morgan fingerprint density at radius 2 is 1.53 bits per heavy atom. The summed E-state index contributed by atoms with van der Waals surface area (Å²) in [5.74, 6) is 1.92. The Hall–Kier alpha value is -3.99. The van der Waals surface area contributed by atoms with E-state index in [0.717, 1.165) is 28.7 Å². The van der Waals surface area contributed by atoms with E-state index in [1.54, 1.807) is 23.8 Å². The van der Waals surface area contributed by atoms with E-state index < -0.39 is 0 Å². The van der Waals surface area contributed by atoms with Gasteiger partial charge in [0.15, 0.2) is 5.82 Å². The average Bonchev–Trinajstić information content (AvgIpc) is 3.55. The first-order valence-corrected chi connectivity index (χ1v) is 11.9. The largest absolute Gasteiger partial charge is 0.497 e. The molecule has 1 atom stereocenters. The lowest BCUT2D eigenvalue weighted by Gasteiger charge is -2.35. The van der Waals surface area contributed by atoms with Gasteiger partial charge in [0.05, 0.1) is 32.4 Å². The zero-order valence-corrected chi connectivity index (χ0v) is 20.4. The van der Waals surface area contributed by atoms with E-state index in [1.807, 2.05) is 53.4 Å². The summed E-state index contributed by atoms with van der Waals surface area (Å²) in [6.07, 6.45) is 0.238. The second-order valence-electron chi connectivity index (χ2n) is 8.91. The Balaban J connectivity index is 1.16. The standard InChI is InChI=1S/C25H29N7O4/c1-35-21-7-3-19(4-8-21)31-16-18(15-24(31)33)25(34)30-13-11-29(12-14-30)17-23-26-27-28-32(23)20-5-9-22(36-2)10-6-20/h3-10,18H,11-17H2,1-2H3. The van der Waals surface area contributed by atoms with Crippen molar-refractivity contribution in [3.8, 4) is 17.2 Å². The maximum absolute atomic E-state index is 13.2. The van der Waals surface area contributed by atoms with Gasteiger partial charge in [-0.1, -0.05) is 0 Å². The molecule has 188 valence electrons. The Morgan fingerprint density at radius 3 is 2.14 bits per heavy atom. The summed E-state index contributed by atoms with van der Waals surface area (Å²) >= 11 is 0. The molecular formula is C25H29N7O4. The van der Waals surface area contributed by atoms with Gasteiger partial charge in [-0.2, -0.15) is 4.68 Å². The van der Waals surface area contributed by atoms with E-state index in [2.05, 4.69) is 20.4 Å². The maximum Gasteiger partial charge on any atom is 0.228 e. The van der Waals surface area contributed by atoms with Crippen molar-refractivity contribution in [2.75, 3.05) is 51.8 Å². The first kappa shape index (κ1) is 23.7. The topological polar surface area (TPSA) is 106 Å². The monoisotopic (exact) mass is 491 g/mol. The molecule has 1 aromatic heterocycles. The molecule has 2 aromatic carbocycles. The minimum atomic E-state index is -0.325. The third-order valence-corrected chi connectivity index (χ3v) is 6.76. The zero-order valence-electron chi connectivity index (χ0n) is 20.4. The van der Waals surface area contributed by atoms with Gasteiger partial charge in [-0.15, -0.1) is 5.10 Å². The number of methoxy groups -OCH3 is 2. The van der Waals surface area contributed by atoms with Crippen LogP contribution in [0.25, 0.3) is 5.69 Å². The number of benzene rings is 2. The third-order valence-electron chi connectivity index (χ3n) is 6.76. The number of rotatable bonds is 7. The minimum absolute atomic E-state index is 0.0254. The summed E-state index contributed by atoms with van der Waals surface area (Å²) in [5.41, 5.74) is 1.65. The lowest BCUT2D eigenvalue weighted by Crippen LogP contribution is -2.50. The van der Waals surface area contributed by atoms with Gasteiger partial charge in [0.25, 0.3) is 0 Å². The second-order valence-corrected chi connectivity index (χ2v) is 8.91. The van der Waals surface area contributed by atoms with Gasteiger partial charge in [0, 0.05) is 44.8 Å². The highest BCUT2D eigenvalue weighted by atomic mass is 16.5. The SMILES string of the molecule is COc1ccc(N2CC(C(=O)N3CCN(Cc4nnnn4-c4ccc(OC)cc4)CC3)CC2=O)cc1. The molecule has 2 fully saturated rings. The first-order chi connectivity index (χ1) is 17.6. The van der Waals surface area contributed by atoms with E-state index in [0.29, 0.717) is 39.3 Å². The van der Waals surface area contributed by atoms with Crippen molar-refractivity contribution >= 4 is 17.5 Å². The van der Waals surface area contributed by atoms with Crippen LogP contribution in [-0.2, 0) is 16.1 Å². The zero-order chi connectivity index (χ0) is 25.1. The number of hydrogen-bond acceptors (Lipinski definition) is 8. The highest BCUT2D eigenvalue weighted by Crippen LogP contribution is 2.28. The van der Waals surface area contributed by atoms with Crippen molar-refractivity contribution in [3.63, 3.8) is 0 Å². The van der Waals surface area contributed by atoms with Gasteiger partial charge in [0.2, 0.25) is 11.8 Å². The minimum Gasteiger partial charge on any atom is -0.497 e. The molecule has 0 N–H and O–H groups in total. The van der Waals surface area contributed by atoms with E-state index >= 15 is 0 Å². The molecule has 11 heteroatoms. The predicted octanol–water partition coefficient (Wildman–Crippen LogP) is 1.38. The summed E-state index contributed by atoms with van der Waals surface area (Å²) in [5, 5.41) is 12.2. The summed E-state index contributed by atoms with van der Waals surface area (Å²) in [6.45, 7) is 3.62. The van der Waals surface area contributed by atoms with Crippen molar-refractivity contribution in [2.24, 2.45) is 5.92 Å². The van der Waals surface area contributed by atoms with Crippen molar-refractivity contribution in [3.05, 3.63) is 54.4 Å². The van der Waals surface area contributed by atoms with Crippen LogP contribution in [0, 0.1) is 5.92 Å². The molecule has 0 radical (unpaired) electrons. The van der Waals surface area contributed by atoms with Crippen LogP contribution in [0.4, 0.5) is 5.69 Å². The smallest absolute Gasteiger partial charge is 0.228 e. The average molecular weight is 492 g/mol. The maximum atomic E-state index is 13.2. The number of piperazine rings is 1. The van der Waals surface area contributed by atoms with Crippen LogP contribution in [0.1, 0.15) is 12.2 Å². The molecule has 0 aliphatic carbocycles. The Kier molecular flexibility index (Phi) is 6.81. The molecule has 0 spiro atoms. The number of amides is 2. The fraction of sp³-hybridized carbons (Fsp3) is 0.400. The molecule has 1 unspecified atom stereocenters. The molecule has 3 heterocycles. The van der Waals surface area contributed by atoms with Gasteiger partial charge < -0.3 is 19.3 Å². The summed E-state index contributed by atoms with van der Waals surface area (Å²) in [6, 6.07) is 14.9. The Labute approximate surface area is 209 Å². The van der Waals surface area contributed by atoms with Crippen molar-refractivity contribution in [2.45, 2.75) is 13.0 Å². The fourth-order valence-corrected chi connectivity index (χ4v) is 4.70. The van der Waals surface area contributed by atoms with Crippen LogP contribution in [0.3, 0.4) is 0 Å². The van der Waals surface area contributed by atoms with Crippen LogP contribution in [-0.4, -0.2) is 88.8 Å². The lowest BCUT2D eigenvalue weighted by molar-refractivity contribution is -0.137. The van der Waals surface area contributed by atoms with Gasteiger partial charge in [-0.25, -0.2) is 0 Å². The molecule has 2 amide bonds. The van der Waals surface area contributed by atoms with Crippen LogP contribution < -0.4 is 14.4 Å². The first-order valence-electron chi connectivity index (χ1n) is 11.9. The molecule has 0 saturated carbocycles. The number of aromatic nitrogens is 4. The van der Waals surface area contributed by atoms with E-state index in [1.165, 1.54) is 0 Å². The van der Waals surface area contributed by atoms with Crippen LogP contribution >= 0.6 is 0 Å².